The van der Waals surface area contributed by atoms with Crippen molar-refractivity contribution >= 4 is 17.3 Å². The fraction of sp³-hybridized carbons (Fsp3) is 0.167. The Labute approximate surface area is 103 Å². The Kier molecular flexibility index (Phi) is 3.44. The molecule has 2 aromatic rings. The lowest BCUT2D eigenvalue weighted by Crippen LogP contribution is -2.09. The lowest BCUT2D eigenvalue weighted by molar-refractivity contribution is 0.847. The van der Waals surface area contributed by atoms with Crippen molar-refractivity contribution in [2.45, 2.75) is 12.8 Å². The van der Waals surface area contributed by atoms with E-state index < -0.39 is 0 Å². The zero-order chi connectivity index (χ0) is 12.3. The van der Waals surface area contributed by atoms with Crippen molar-refractivity contribution < 1.29 is 0 Å². The summed E-state index contributed by atoms with van der Waals surface area (Å²) < 4.78 is 0. The van der Waals surface area contributed by atoms with E-state index in [1.807, 2.05) is 12.1 Å². The molecule has 4 nitrogen and oxygen atoms in total. The van der Waals surface area contributed by atoms with Gasteiger partial charge in [-0.15, -0.1) is 0 Å². The molecule has 0 aliphatic carbocycles. The van der Waals surface area contributed by atoms with Crippen molar-refractivity contribution in [3.63, 3.8) is 0 Å². The highest BCUT2D eigenvalue weighted by molar-refractivity contribution is 6.33. The molecule has 0 saturated heterocycles. The molecular weight excluding hydrogens is 238 g/mol. The van der Waals surface area contributed by atoms with E-state index in [1.165, 1.54) is 12.3 Å². The number of aromatic amines is 1. The Morgan fingerprint density at radius 2 is 2.12 bits per heavy atom. The van der Waals surface area contributed by atoms with Crippen LogP contribution in [0.15, 0.2) is 35.3 Å². The summed E-state index contributed by atoms with van der Waals surface area (Å²) in [6.45, 7) is 0. The molecule has 0 aliphatic rings. The van der Waals surface area contributed by atoms with Crippen LogP contribution in [0.3, 0.4) is 0 Å². The Bertz CT molecular complexity index is 580. The average molecular weight is 250 g/mol. The summed E-state index contributed by atoms with van der Waals surface area (Å²) in [6.07, 6.45) is 2.93. The van der Waals surface area contributed by atoms with E-state index in [-0.39, 0.29) is 5.56 Å². The number of halogens is 1. The summed E-state index contributed by atoms with van der Waals surface area (Å²) in [5.74, 6) is 0.672. The molecule has 0 unspecified atom stereocenters. The second-order valence-electron chi connectivity index (χ2n) is 3.74. The summed E-state index contributed by atoms with van der Waals surface area (Å²) in [5, 5.41) is 0.556. The van der Waals surface area contributed by atoms with Crippen LogP contribution in [-0.2, 0) is 12.8 Å². The predicted octanol–water partition coefficient (Wildman–Crippen LogP) is 1.79. The number of nitrogens with zero attached hydrogens (tertiary/aromatic N) is 1. The number of aromatic nitrogens is 2. The number of hydrogen-bond acceptors (Lipinski definition) is 3. The minimum absolute atomic E-state index is 0.134. The maximum absolute atomic E-state index is 11.1. The first-order valence-corrected chi connectivity index (χ1v) is 5.61. The van der Waals surface area contributed by atoms with E-state index in [2.05, 4.69) is 9.97 Å². The number of nitrogens with one attached hydrogen (secondary N) is 1. The summed E-state index contributed by atoms with van der Waals surface area (Å²) in [5.41, 5.74) is 7.21. The van der Waals surface area contributed by atoms with Crippen molar-refractivity contribution in [2.24, 2.45) is 0 Å². The van der Waals surface area contributed by atoms with Gasteiger partial charge in [0.25, 0.3) is 5.56 Å². The van der Waals surface area contributed by atoms with Crippen LogP contribution in [0.1, 0.15) is 11.4 Å². The van der Waals surface area contributed by atoms with Gasteiger partial charge < -0.3 is 10.7 Å². The molecule has 0 saturated carbocycles. The zero-order valence-electron chi connectivity index (χ0n) is 9.11. The minimum Gasteiger partial charge on any atom is -0.398 e. The van der Waals surface area contributed by atoms with E-state index in [1.54, 1.807) is 6.07 Å². The topological polar surface area (TPSA) is 71.8 Å². The number of rotatable bonds is 3. The molecule has 0 fully saturated rings. The molecule has 5 heteroatoms. The van der Waals surface area contributed by atoms with Crippen LogP contribution in [0.2, 0.25) is 5.02 Å². The molecule has 1 heterocycles. The highest BCUT2D eigenvalue weighted by Gasteiger charge is 2.00. The summed E-state index contributed by atoms with van der Waals surface area (Å²) in [7, 11) is 0. The van der Waals surface area contributed by atoms with Gasteiger partial charge >= 0.3 is 0 Å². The summed E-state index contributed by atoms with van der Waals surface area (Å²) in [4.78, 5) is 17.8. The number of hydrogen-bond donors (Lipinski definition) is 2. The first-order chi connectivity index (χ1) is 8.15. The molecule has 3 N–H and O–H groups in total. The van der Waals surface area contributed by atoms with Crippen LogP contribution in [0.5, 0.6) is 0 Å². The number of nitrogen functional groups attached to an aromatic ring is 1. The van der Waals surface area contributed by atoms with E-state index in [0.29, 0.717) is 23.0 Å². The van der Waals surface area contributed by atoms with Gasteiger partial charge in [0.05, 0.1) is 10.7 Å². The maximum Gasteiger partial charge on any atom is 0.250 e. The second kappa shape index (κ2) is 5.01. The molecule has 1 aromatic carbocycles. The largest absolute Gasteiger partial charge is 0.398 e. The van der Waals surface area contributed by atoms with Crippen molar-refractivity contribution in [3.05, 3.63) is 57.2 Å². The smallest absolute Gasteiger partial charge is 0.250 e. The van der Waals surface area contributed by atoms with Gasteiger partial charge in [0.1, 0.15) is 5.82 Å². The van der Waals surface area contributed by atoms with E-state index >= 15 is 0 Å². The molecule has 88 valence electrons. The van der Waals surface area contributed by atoms with Gasteiger partial charge in [-0.2, -0.15) is 0 Å². The SMILES string of the molecule is Nc1cc(CCc2nccc(=O)[nH]2)ccc1Cl. The van der Waals surface area contributed by atoms with Gasteiger partial charge in [-0.25, -0.2) is 4.98 Å². The molecule has 2 rings (SSSR count). The van der Waals surface area contributed by atoms with Crippen LogP contribution in [-0.4, -0.2) is 9.97 Å². The number of H-pyrrole nitrogens is 1. The molecule has 0 amide bonds. The van der Waals surface area contributed by atoms with E-state index in [0.717, 1.165) is 12.0 Å². The van der Waals surface area contributed by atoms with Crippen molar-refractivity contribution in [1.29, 1.82) is 0 Å². The fourth-order valence-corrected chi connectivity index (χ4v) is 1.67. The molecule has 0 atom stereocenters. The van der Waals surface area contributed by atoms with Gasteiger partial charge in [0.15, 0.2) is 0 Å². The first-order valence-electron chi connectivity index (χ1n) is 5.23. The number of benzene rings is 1. The van der Waals surface area contributed by atoms with E-state index in [4.69, 9.17) is 17.3 Å². The normalized spacial score (nSPS) is 10.4. The quantitative estimate of drug-likeness (QED) is 0.815. The van der Waals surface area contributed by atoms with Crippen LogP contribution in [0.25, 0.3) is 0 Å². The molecule has 17 heavy (non-hydrogen) atoms. The predicted molar refractivity (Wildman–Crippen MR) is 68.1 cm³/mol. The second-order valence-corrected chi connectivity index (χ2v) is 4.14. The standard InChI is InChI=1S/C12H12ClN3O/c13-9-3-1-8(7-10(9)14)2-4-11-15-6-5-12(17)16-11/h1,3,5-7H,2,4,14H2,(H,15,16,17). The zero-order valence-corrected chi connectivity index (χ0v) is 9.87. The number of nitrogens with two attached hydrogens (primary N) is 1. The Morgan fingerprint density at radius 3 is 2.82 bits per heavy atom. The third-order valence-corrected chi connectivity index (χ3v) is 2.78. The lowest BCUT2D eigenvalue weighted by Gasteiger charge is -2.03. The first kappa shape index (κ1) is 11.7. The van der Waals surface area contributed by atoms with Crippen molar-refractivity contribution in [2.75, 3.05) is 5.73 Å². The highest BCUT2D eigenvalue weighted by Crippen LogP contribution is 2.20. The third-order valence-electron chi connectivity index (χ3n) is 2.43. The molecule has 0 bridgehead atoms. The number of anilines is 1. The molecule has 0 aliphatic heterocycles. The third kappa shape index (κ3) is 3.07. The summed E-state index contributed by atoms with van der Waals surface area (Å²) >= 11 is 5.83. The van der Waals surface area contributed by atoms with Crippen LogP contribution in [0, 0.1) is 0 Å². The Morgan fingerprint density at radius 1 is 1.29 bits per heavy atom. The molecule has 1 aromatic heterocycles. The van der Waals surface area contributed by atoms with Crippen molar-refractivity contribution in [1.82, 2.24) is 9.97 Å². The van der Waals surface area contributed by atoms with Gasteiger partial charge in [0, 0.05) is 18.7 Å². The number of aryl methyl sites for hydroxylation is 2. The van der Waals surface area contributed by atoms with Crippen molar-refractivity contribution in [3.8, 4) is 0 Å². The fourth-order valence-electron chi connectivity index (χ4n) is 1.55. The highest BCUT2D eigenvalue weighted by atomic mass is 35.5. The molecule has 0 radical (unpaired) electrons. The maximum atomic E-state index is 11.1. The van der Waals surface area contributed by atoms with Crippen LogP contribution < -0.4 is 11.3 Å². The van der Waals surface area contributed by atoms with Gasteiger partial charge in [-0.05, 0) is 24.1 Å². The van der Waals surface area contributed by atoms with Crippen LogP contribution in [0.4, 0.5) is 5.69 Å². The van der Waals surface area contributed by atoms with Crippen LogP contribution >= 0.6 is 11.6 Å². The monoisotopic (exact) mass is 249 g/mol. The average Bonchev–Trinajstić information content (AvgIpc) is 2.31. The van der Waals surface area contributed by atoms with Gasteiger partial charge in [-0.1, -0.05) is 17.7 Å². The Balaban J connectivity index is 2.07. The molecular formula is C12H12ClN3O. The lowest BCUT2D eigenvalue weighted by atomic mass is 10.1. The van der Waals surface area contributed by atoms with Gasteiger partial charge in [-0.3, -0.25) is 4.79 Å². The van der Waals surface area contributed by atoms with E-state index in [9.17, 15) is 4.79 Å². The summed E-state index contributed by atoms with van der Waals surface area (Å²) in [6, 6.07) is 6.92. The minimum atomic E-state index is -0.134. The van der Waals surface area contributed by atoms with Gasteiger partial charge in [0.2, 0.25) is 0 Å². The molecule has 0 spiro atoms. The Hall–Kier alpha value is -1.81.